The third kappa shape index (κ3) is 8.92. The first-order valence-electron chi connectivity index (χ1n) is 12.3. The fourth-order valence-electron chi connectivity index (χ4n) is 3.80. The summed E-state index contributed by atoms with van der Waals surface area (Å²) in [5, 5.41) is 5.16. The first-order chi connectivity index (χ1) is 18.0. The summed E-state index contributed by atoms with van der Waals surface area (Å²) < 4.78 is 45.1. The van der Waals surface area contributed by atoms with Crippen molar-refractivity contribution >= 4 is 17.5 Å². The second-order valence-electron chi connectivity index (χ2n) is 9.49. The van der Waals surface area contributed by atoms with Crippen molar-refractivity contribution in [2.75, 3.05) is 5.32 Å². The molecule has 2 amide bonds. The van der Waals surface area contributed by atoms with Crippen molar-refractivity contribution < 1.29 is 27.5 Å². The van der Waals surface area contributed by atoms with Crippen molar-refractivity contribution in [1.82, 2.24) is 5.32 Å². The van der Waals surface area contributed by atoms with Crippen LogP contribution in [0.25, 0.3) is 0 Å². The molecule has 202 valence electrons. The van der Waals surface area contributed by atoms with Gasteiger partial charge in [-0.25, -0.2) is 0 Å². The van der Waals surface area contributed by atoms with Crippen LogP contribution >= 0.6 is 0 Å². The summed E-state index contributed by atoms with van der Waals surface area (Å²) in [4.78, 5) is 25.8. The zero-order valence-electron chi connectivity index (χ0n) is 21.3. The Hall–Kier alpha value is -3.85. The van der Waals surface area contributed by atoms with Gasteiger partial charge in [0.05, 0.1) is 11.6 Å². The van der Waals surface area contributed by atoms with Crippen LogP contribution in [0.4, 0.5) is 18.9 Å². The molecule has 0 fully saturated rings. The smallest absolute Gasteiger partial charge is 0.416 e. The number of carbonyl (C=O) groups excluding carboxylic acids is 2. The summed E-state index contributed by atoms with van der Waals surface area (Å²) in [6.07, 6.45) is -4.03. The van der Waals surface area contributed by atoms with E-state index in [1.807, 2.05) is 44.2 Å². The predicted octanol–water partition coefficient (Wildman–Crippen LogP) is 5.32. The van der Waals surface area contributed by atoms with Gasteiger partial charge in [-0.05, 0) is 53.8 Å². The average Bonchev–Trinajstić information content (AvgIpc) is 2.87. The first-order valence-corrected chi connectivity index (χ1v) is 12.3. The van der Waals surface area contributed by atoms with Gasteiger partial charge in [0.15, 0.2) is 0 Å². The summed E-state index contributed by atoms with van der Waals surface area (Å²) >= 11 is 0. The molecular weight excluding hydrogens is 495 g/mol. The number of hydrogen-bond acceptors (Lipinski definition) is 4. The largest absolute Gasteiger partial charge is 0.489 e. The molecule has 4 N–H and O–H groups in total. The Kier molecular flexibility index (Phi) is 9.90. The second-order valence-corrected chi connectivity index (χ2v) is 9.49. The number of nitrogens with two attached hydrogens (primary N) is 1. The van der Waals surface area contributed by atoms with E-state index in [1.165, 1.54) is 12.1 Å². The van der Waals surface area contributed by atoms with E-state index in [0.29, 0.717) is 18.8 Å². The van der Waals surface area contributed by atoms with E-state index in [0.717, 1.165) is 23.3 Å². The standard InChI is InChI=1S/C29H32F3N3O3/c1-19(2)15-25(33)27(36)35-26(28(37)34-23-10-6-9-22(17-23)29(30,31)32)16-20-11-13-24(14-12-20)38-18-21-7-4-3-5-8-21/h3-14,17,19,25-26H,15-16,18,33H2,1-2H3,(H,34,37)(H,35,36). The van der Waals surface area contributed by atoms with E-state index in [2.05, 4.69) is 10.6 Å². The molecule has 38 heavy (non-hydrogen) atoms. The summed E-state index contributed by atoms with van der Waals surface area (Å²) in [6, 6.07) is 19.2. The predicted molar refractivity (Wildman–Crippen MR) is 140 cm³/mol. The molecule has 9 heteroatoms. The average molecular weight is 528 g/mol. The van der Waals surface area contributed by atoms with Crippen LogP contribution in [-0.4, -0.2) is 23.9 Å². The summed E-state index contributed by atoms with van der Waals surface area (Å²) in [7, 11) is 0. The maximum absolute atomic E-state index is 13.1. The molecule has 2 unspecified atom stereocenters. The lowest BCUT2D eigenvalue weighted by molar-refractivity contribution is -0.137. The van der Waals surface area contributed by atoms with Crippen LogP contribution in [0.3, 0.4) is 0 Å². The lowest BCUT2D eigenvalue weighted by Gasteiger charge is -2.22. The lowest BCUT2D eigenvalue weighted by Crippen LogP contribution is -2.51. The van der Waals surface area contributed by atoms with Crippen molar-refractivity contribution in [1.29, 1.82) is 0 Å². The Morgan fingerprint density at radius 2 is 1.58 bits per heavy atom. The highest BCUT2D eigenvalue weighted by Crippen LogP contribution is 2.30. The number of rotatable bonds is 11. The van der Waals surface area contributed by atoms with Gasteiger partial charge in [0.2, 0.25) is 11.8 Å². The Morgan fingerprint density at radius 3 is 2.21 bits per heavy atom. The SMILES string of the molecule is CC(C)CC(N)C(=O)NC(Cc1ccc(OCc2ccccc2)cc1)C(=O)Nc1cccc(C(F)(F)F)c1. The minimum Gasteiger partial charge on any atom is -0.489 e. The van der Waals surface area contributed by atoms with Gasteiger partial charge >= 0.3 is 6.18 Å². The van der Waals surface area contributed by atoms with Gasteiger partial charge < -0.3 is 21.1 Å². The van der Waals surface area contributed by atoms with Gasteiger partial charge in [-0.3, -0.25) is 9.59 Å². The van der Waals surface area contributed by atoms with E-state index in [-0.39, 0.29) is 18.0 Å². The van der Waals surface area contributed by atoms with Gasteiger partial charge in [-0.15, -0.1) is 0 Å². The van der Waals surface area contributed by atoms with E-state index in [4.69, 9.17) is 10.5 Å². The van der Waals surface area contributed by atoms with Crippen molar-refractivity contribution in [2.45, 2.75) is 51.6 Å². The van der Waals surface area contributed by atoms with Gasteiger partial charge in [0.25, 0.3) is 0 Å². The number of hydrogen-bond donors (Lipinski definition) is 3. The third-order valence-electron chi connectivity index (χ3n) is 5.76. The quantitative estimate of drug-likeness (QED) is 0.315. The molecule has 0 saturated heterocycles. The number of halogens is 3. The van der Waals surface area contributed by atoms with E-state index < -0.39 is 35.6 Å². The molecule has 3 aromatic rings. The number of nitrogens with one attached hydrogen (secondary N) is 2. The Balaban J connectivity index is 1.72. The zero-order chi connectivity index (χ0) is 27.7. The minimum absolute atomic E-state index is 0.0276. The van der Waals surface area contributed by atoms with Crippen molar-refractivity contribution in [2.24, 2.45) is 11.7 Å². The number of amides is 2. The molecule has 3 aromatic carbocycles. The summed E-state index contributed by atoms with van der Waals surface area (Å²) in [5.74, 6) is -0.369. The number of alkyl halides is 3. The number of benzene rings is 3. The van der Waals surface area contributed by atoms with Crippen LogP contribution in [0.2, 0.25) is 0 Å². The van der Waals surface area contributed by atoms with Crippen molar-refractivity contribution in [3.05, 3.63) is 95.6 Å². The minimum atomic E-state index is -4.55. The normalized spacial score (nSPS) is 13.0. The Bertz CT molecular complexity index is 1200. The molecule has 0 bridgehead atoms. The third-order valence-corrected chi connectivity index (χ3v) is 5.76. The number of carbonyl (C=O) groups is 2. The molecule has 2 atom stereocenters. The van der Waals surface area contributed by atoms with Crippen LogP contribution in [-0.2, 0) is 28.8 Å². The Morgan fingerprint density at radius 1 is 0.895 bits per heavy atom. The van der Waals surface area contributed by atoms with Crippen LogP contribution in [0.5, 0.6) is 5.75 Å². The van der Waals surface area contributed by atoms with Crippen LogP contribution in [0.1, 0.15) is 37.0 Å². The van der Waals surface area contributed by atoms with Gasteiger partial charge in [-0.1, -0.05) is 62.4 Å². The van der Waals surface area contributed by atoms with Gasteiger partial charge in [0, 0.05) is 12.1 Å². The highest BCUT2D eigenvalue weighted by Gasteiger charge is 2.31. The van der Waals surface area contributed by atoms with E-state index >= 15 is 0 Å². The zero-order valence-corrected chi connectivity index (χ0v) is 21.3. The highest BCUT2D eigenvalue weighted by molar-refractivity contribution is 5.98. The number of anilines is 1. The maximum Gasteiger partial charge on any atom is 0.416 e. The molecule has 0 saturated carbocycles. The van der Waals surface area contributed by atoms with E-state index in [9.17, 15) is 22.8 Å². The molecule has 0 aliphatic carbocycles. The first kappa shape index (κ1) is 28.7. The summed E-state index contributed by atoms with van der Waals surface area (Å²) in [6.45, 7) is 4.24. The fourth-order valence-corrected chi connectivity index (χ4v) is 3.80. The fraction of sp³-hybridized carbons (Fsp3) is 0.310. The lowest BCUT2D eigenvalue weighted by atomic mass is 10.0. The number of ether oxygens (including phenoxy) is 1. The molecule has 0 spiro atoms. The molecule has 3 rings (SSSR count). The molecule has 0 radical (unpaired) electrons. The van der Waals surface area contributed by atoms with Crippen molar-refractivity contribution in [3.8, 4) is 5.75 Å². The van der Waals surface area contributed by atoms with Crippen LogP contribution in [0.15, 0.2) is 78.9 Å². The highest BCUT2D eigenvalue weighted by atomic mass is 19.4. The second kappa shape index (κ2) is 13.1. The van der Waals surface area contributed by atoms with E-state index in [1.54, 1.807) is 24.3 Å². The molecule has 0 aliphatic heterocycles. The van der Waals surface area contributed by atoms with Crippen LogP contribution < -0.4 is 21.1 Å². The molecule has 0 aliphatic rings. The van der Waals surface area contributed by atoms with Gasteiger partial charge in [0.1, 0.15) is 18.4 Å². The Labute approximate surface area is 220 Å². The molecular formula is C29H32F3N3O3. The van der Waals surface area contributed by atoms with Gasteiger partial charge in [-0.2, -0.15) is 13.2 Å². The maximum atomic E-state index is 13.1. The molecule has 0 aromatic heterocycles. The monoisotopic (exact) mass is 527 g/mol. The molecule has 6 nitrogen and oxygen atoms in total. The molecule has 0 heterocycles. The van der Waals surface area contributed by atoms with Crippen molar-refractivity contribution in [3.63, 3.8) is 0 Å². The van der Waals surface area contributed by atoms with Crippen LogP contribution in [0, 0.1) is 5.92 Å². The topological polar surface area (TPSA) is 93.5 Å². The summed E-state index contributed by atoms with van der Waals surface area (Å²) in [5.41, 5.74) is 6.82.